The highest BCUT2D eigenvalue weighted by molar-refractivity contribution is 6.14. The molecule has 4 aromatic rings. The first-order valence-electron chi connectivity index (χ1n) is 11.8. The van der Waals surface area contributed by atoms with E-state index in [1.165, 1.54) is 91.0 Å². The molecule has 0 aliphatic carbocycles. The Balaban J connectivity index is 1.36. The summed E-state index contributed by atoms with van der Waals surface area (Å²) in [5.41, 5.74) is -2.19. The summed E-state index contributed by atoms with van der Waals surface area (Å²) in [6.45, 7) is 1.08. The summed E-state index contributed by atoms with van der Waals surface area (Å²) in [4.78, 5) is 34.4. The Morgan fingerprint density at radius 2 is 1.10 bits per heavy atom. The molecule has 0 spiro atoms. The first-order valence-corrected chi connectivity index (χ1v) is 11.8. The number of carbonyl (C=O) groups is 3. The van der Waals surface area contributed by atoms with Crippen molar-refractivity contribution in [2.24, 2.45) is 0 Å². The number of hydrogen-bond acceptors (Lipinski definition) is 6. The fourth-order valence-corrected chi connectivity index (χ4v) is 4.27. The Morgan fingerprint density at radius 3 is 1.57 bits per heavy atom. The van der Waals surface area contributed by atoms with E-state index >= 15 is 0 Å². The lowest BCUT2D eigenvalue weighted by Crippen LogP contribution is -2.40. The molecule has 1 aliphatic rings. The number of halogens is 3. The Bertz CT molecular complexity index is 1610. The van der Waals surface area contributed by atoms with Gasteiger partial charge in [0.2, 0.25) is 0 Å². The smallest absolute Gasteiger partial charge is 0.402 e. The molecule has 4 aromatic carbocycles. The maximum Gasteiger partial charge on any atom is 0.402 e. The van der Waals surface area contributed by atoms with Crippen LogP contribution in [0.15, 0.2) is 91.0 Å². The first-order chi connectivity index (χ1) is 19.0. The number of alkyl halides is 3. The number of benzene rings is 4. The molecule has 1 N–H and O–H groups in total. The average molecular weight is 548 g/mol. The summed E-state index contributed by atoms with van der Waals surface area (Å²) in [5.74, 6) is -1.59. The van der Waals surface area contributed by atoms with Crippen LogP contribution in [0.25, 0.3) is 0 Å². The van der Waals surface area contributed by atoms with Crippen LogP contribution < -0.4 is 9.47 Å². The van der Waals surface area contributed by atoms with E-state index < -0.39 is 29.5 Å². The van der Waals surface area contributed by atoms with E-state index in [9.17, 15) is 27.6 Å². The topological polar surface area (TPSA) is 99.1 Å². The number of aromatic carboxylic acids is 1. The number of fused-ring (bicyclic) bond motifs is 1. The lowest BCUT2D eigenvalue weighted by molar-refractivity contribution is -0.173. The fourth-order valence-electron chi connectivity index (χ4n) is 4.27. The molecule has 0 bridgehead atoms. The number of hydrogen-bond donors (Lipinski definition) is 1. The van der Waals surface area contributed by atoms with E-state index in [2.05, 4.69) is 4.74 Å². The highest BCUT2D eigenvalue weighted by atomic mass is 19.4. The van der Waals surface area contributed by atoms with Crippen LogP contribution in [0.4, 0.5) is 13.2 Å². The summed E-state index contributed by atoms with van der Waals surface area (Å²) in [6.07, 6.45) is -4.66. The fraction of sp³-hybridized carbons (Fsp3) is 0.100. The Morgan fingerprint density at radius 1 is 0.675 bits per heavy atom. The van der Waals surface area contributed by atoms with Crippen molar-refractivity contribution in [1.82, 2.24) is 0 Å². The van der Waals surface area contributed by atoms with Crippen LogP contribution in [-0.2, 0) is 10.2 Å². The van der Waals surface area contributed by atoms with E-state index in [0.717, 1.165) is 6.92 Å². The van der Waals surface area contributed by atoms with Gasteiger partial charge in [-0.25, -0.2) is 14.4 Å². The minimum absolute atomic E-state index is 0.0240. The van der Waals surface area contributed by atoms with Crippen LogP contribution in [0, 0.1) is 0 Å². The summed E-state index contributed by atoms with van der Waals surface area (Å²) < 4.78 is 59.3. The van der Waals surface area contributed by atoms with Crippen LogP contribution in [0.2, 0.25) is 0 Å². The summed E-state index contributed by atoms with van der Waals surface area (Å²) in [6, 6.07) is 20.6. The molecule has 0 radical (unpaired) electrons. The van der Waals surface area contributed by atoms with Gasteiger partial charge in [-0.3, -0.25) is 0 Å². The van der Waals surface area contributed by atoms with Crippen LogP contribution in [0.1, 0.15) is 49.1 Å². The van der Waals surface area contributed by atoms with Crippen molar-refractivity contribution in [3.05, 3.63) is 119 Å². The van der Waals surface area contributed by atoms with Gasteiger partial charge in [-0.05, 0) is 84.8 Å². The maximum atomic E-state index is 14.5. The Labute approximate surface area is 225 Å². The SMILES string of the molecule is CC(c1ccc(Oc2ccc(C(=O)O)cc2)cc1)(c1ccc(Oc2ccc3c(c2)C(=O)OC3=O)cc1)C(F)(F)F. The summed E-state index contributed by atoms with van der Waals surface area (Å²) in [5, 5.41) is 9.00. The zero-order valence-corrected chi connectivity index (χ0v) is 20.7. The molecule has 0 amide bonds. The monoisotopic (exact) mass is 548 g/mol. The second kappa shape index (κ2) is 9.88. The van der Waals surface area contributed by atoms with Gasteiger partial charge in [0.25, 0.3) is 0 Å². The van der Waals surface area contributed by atoms with Crippen molar-refractivity contribution in [1.29, 1.82) is 0 Å². The first kappa shape index (κ1) is 26.5. The molecule has 202 valence electrons. The van der Waals surface area contributed by atoms with E-state index in [4.69, 9.17) is 14.6 Å². The van der Waals surface area contributed by atoms with Crippen LogP contribution in [0.3, 0.4) is 0 Å². The number of carbonyl (C=O) groups excluding carboxylic acids is 2. The van der Waals surface area contributed by atoms with Gasteiger partial charge in [-0.2, -0.15) is 13.2 Å². The van der Waals surface area contributed by atoms with Gasteiger partial charge in [-0.1, -0.05) is 24.3 Å². The predicted octanol–water partition coefficient (Wildman–Crippen LogP) is 7.15. The number of carboxylic acid groups (broad SMARTS) is 1. The number of esters is 2. The number of ether oxygens (including phenoxy) is 3. The highest BCUT2D eigenvalue weighted by Crippen LogP contribution is 2.47. The van der Waals surface area contributed by atoms with Crippen LogP contribution >= 0.6 is 0 Å². The van der Waals surface area contributed by atoms with E-state index in [1.54, 1.807) is 0 Å². The normalized spacial score (nSPS) is 14.2. The third-order valence-corrected chi connectivity index (χ3v) is 6.62. The minimum Gasteiger partial charge on any atom is -0.478 e. The van der Waals surface area contributed by atoms with Gasteiger partial charge >= 0.3 is 24.1 Å². The third kappa shape index (κ3) is 4.86. The minimum atomic E-state index is -4.66. The van der Waals surface area contributed by atoms with Gasteiger partial charge in [0, 0.05) is 0 Å². The second-order valence-electron chi connectivity index (χ2n) is 9.09. The van der Waals surface area contributed by atoms with E-state index in [-0.39, 0.29) is 45.1 Å². The van der Waals surface area contributed by atoms with Gasteiger partial charge < -0.3 is 19.3 Å². The van der Waals surface area contributed by atoms with Crippen molar-refractivity contribution in [3.8, 4) is 23.0 Å². The maximum absolute atomic E-state index is 14.5. The van der Waals surface area contributed by atoms with Crippen molar-refractivity contribution in [2.75, 3.05) is 0 Å². The quantitative estimate of drug-likeness (QED) is 0.193. The Hall–Kier alpha value is -5.12. The van der Waals surface area contributed by atoms with Crippen LogP contribution in [0.5, 0.6) is 23.0 Å². The van der Waals surface area contributed by atoms with Crippen molar-refractivity contribution < 1.29 is 46.9 Å². The largest absolute Gasteiger partial charge is 0.478 e. The zero-order valence-electron chi connectivity index (χ0n) is 20.7. The second-order valence-corrected chi connectivity index (χ2v) is 9.09. The predicted molar refractivity (Wildman–Crippen MR) is 135 cm³/mol. The molecule has 10 heteroatoms. The molecule has 7 nitrogen and oxygen atoms in total. The van der Waals surface area contributed by atoms with Crippen LogP contribution in [-0.4, -0.2) is 29.2 Å². The molecule has 1 aliphatic heterocycles. The lowest BCUT2D eigenvalue weighted by atomic mass is 9.75. The van der Waals surface area contributed by atoms with Crippen molar-refractivity contribution in [3.63, 3.8) is 0 Å². The summed E-state index contributed by atoms with van der Waals surface area (Å²) >= 11 is 0. The lowest BCUT2D eigenvalue weighted by Gasteiger charge is -2.33. The third-order valence-electron chi connectivity index (χ3n) is 6.62. The van der Waals surface area contributed by atoms with Gasteiger partial charge in [0.1, 0.15) is 28.4 Å². The van der Waals surface area contributed by atoms with Gasteiger partial charge in [-0.15, -0.1) is 0 Å². The molecule has 0 saturated carbocycles. The van der Waals surface area contributed by atoms with Crippen molar-refractivity contribution >= 4 is 17.9 Å². The van der Waals surface area contributed by atoms with E-state index in [0.29, 0.717) is 5.75 Å². The molecule has 1 atom stereocenters. The standard InChI is InChI=1S/C30H19F3O7/c1-29(30(31,32)33,18-4-10-21(11-5-18)38-20-8-2-17(3-9-20)26(34)35)19-6-12-22(13-7-19)39-23-14-15-24-25(16-23)28(37)40-27(24)36/h2-16H,1H3,(H,34,35). The molecule has 40 heavy (non-hydrogen) atoms. The molecular weight excluding hydrogens is 529 g/mol. The molecule has 1 unspecified atom stereocenters. The molecular formula is C30H19F3O7. The molecule has 0 aromatic heterocycles. The van der Waals surface area contributed by atoms with Gasteiger partial charge in [0.15, 0.2) is 0 Å². The van der Waals surface area contributed by atoms with Gasteiger partial charge in [0.05, 0.1) is 16.7 Å². The van der Waals surface area contributed by atoms with Crippen molar-refractivity contribution in [2.45, 2.75) is 18.5 Å². The number of carboxylic acids is 1. The Kier molecular flexibility index (Phi) is 6.54. The van der Waals surface area contributed by atoms with E-state index in [1.807, 2.05) is 0 Å². The average Bonchev–Trinajstić information content (AvgIpc) is 3.21. The molecule has 1 heterocycles. The summed E-state index contributed by atoms with van der Waals surface area (Å²) in [7, 11) is 0. The number of cyclic esters (lactones) is 2. The molecule has 0 fully saturated rings. The highest BCUT2D eigenvalue weighted by Gasteiger charge is 2.53. The zero-order chi connectivity index (χ0) is 28.7. The number of rotatable bonds is 7. The molecule has 5 rings (SSSR count). The molecule has 0 saturated heterocycles.